The predicted octanol–water partition coefficient (Wildman–Crippen LogP) is 4.56. The van der Waals surface area contributed by atoms with Gasteiger partial charge in [0.1, 0.15) is 5.75 Å². The molecular formula is C22H25BrClN3O4. The van der Waals surface area contributed by atoms with Gasteiger partial charge in [-0.1, -0.05) is 43.6 Å². The van der Waals surface area contributed by atoms with Gasteiger partial charge >= 0.3 is 0 Å². The lowest BCUT2D eigenvalue weighted by atomic mass is 9.99. The van der Waals surface area contributed by atoms with Crippen LogP contribution in [0.2, 0.25) is 5.02 Å². The van der Waals surface area contributed by atoms with Crippen molar-refractivity contribution in [3.63, 3.8) is 0 Å². The first-order valence-corrected chi connectivity index (χ1v) is 11.0. The van der Waals surface area contributed by atoms with E-state index in [2.05, 4.69) is 45.9 Å². The molecule has 2 aromatic rings. The van der Waals surface area contributed by atoms with Crippen LogP contribution in [0.25, 0.3) is 0 Å². The van der Waals surface area contributed by atoms with Gasteiger partial charge in [-0.3, -0.25) is 25.2 Å². The third-order valence-corrected chi connectivity index (χ3v) is 5.51. The van der Waals surface area contributed by atoms with E-state index in [1.54, 1.807) is 30.3 Å². The van der Waals surface area contributed by atoms with Crippen molar-refractivity contribution in [3.8, 4) is 5.75 Å². The Hall–Kier alpha value is -2.58. The van der Waals surface area contributed by atoms with Crippen LogP contribution in [-0.4, -0.2) is 24.3 Å². The standard InChI is InChI=1S/C22H25BrClN3O4/c1-3-14(2)15-8-9-19(16(23)12-15)31-13-22(30)27-26-21(29)11-10-20(28)25-18-7-5-4-6-17(18)24/h4-9,12,14H,3,10-11,13H2,1-2H3,(H,25,28)(H,26,29)(H,27,30). The van der Waals surface area contributed by atoms with Crippen LogP contribution in [0.1, 0.15) is 44.6 Å². The molecule has 31 heavy (non-hydrogen) atoms. The van der Waals surface area contributed by atoms with Gasteiger partial charge < -0.3 is 10.1 Å². The van der Waals surface area contributed by atoms with Gasteiger partial charge in [0.2, 0.25) is 11.8 Å². The van der Waals surface area contributed by atoms with E-state index in [0.29, 0.717) is 22.4 Å². The SMILES string of the molecule is CCC(C)c1ccc(OCC(=O)NNC(=O)CCC(=O)Nc2ccccc2Cl)c(Br)c1. The predicted molar refractivity (Wildman–Crippen MR) is 124 cm³/mol. The number of carbonyl (C=O) groups excluding carboxylic acids is 3. The highest BCUT2D eigenvalue weighted by Gasteiger charge is 2.12. The van der Waals surface area contributed by atoms with Crippen LogP contribution in [0.15, 0.2) is 46.9 Å². The maximum Gasteiger partial charge on any atom is 0.276 e. The first-order chi connectivity index (χ1) is 14.8. The number of nitrogens with one attached hydrogen (secondary N) is 3. The molecule has 0 aliphatic heterocycles. The third-order valence-electron chi connectivity index (χ3n) is 4.56. The Labute approximate surface area is 195 Å². The summed E-state index contributed by atoms with van der Waals surface area (Å²) in [5, 5.41) is 3.04. The van der Waals surface area contributed by atoms with Gasteiger partial charge in [0.05, 0.1) is 15.2 Å². The number of anilines is 1. The van der Waals surface area contributed by atoms with Crippen molar-refractivity contribution in [2.24, 2.45) is 0 Å². The first kappa shape index (κ1) is 24.7. The van der Waals surface area contributed by atoms with Gasteiger partial charge in [-0.2, -0.15) is 0 Å². The summed E-state index contributed by atoms with van der Waals surface area (Å²) >= 11 is 9.42. The fourth-order valence-electron chi connectivity index (χ4n) is 2.56. The topological polar surface area (TPSA) is 96.5 Å². The van der Waals surface area contributed by atoms with E-state index < -0.39 is 11.8 Å². The molecule has 0 aromatic heterocycles. The summed E-state index contributed by atoms with van der Waals surface area (Å²) in [6.07, 6.45) is 0.870. The van der Waals surface area contributed by atoms with E-state index in [0.717, 1.165) is 10.9 Å². The number of hydrogen-bond acceptors (Lipinski definition) is 4. The molecule has 0 bridgehead atoms. The van der Waals surface area contributed by atoms with Crippen LogP contribution < -0.4 is 20.9 Å². The normalized spacial score (nSPS) is 11.4. The molecule has 1 unspecified atom stereocenters. The highest BCUT2D eigenvalue weighted by molar-refractivity contribution is 9.10. The zero-order valence-corrected chi connectivity index (χ0v) is 19.7. The summed E-state index contributed by atoms with van der Waals surface area (Å²) in [6.45, 7) is 3.99. The summed E-state index contributed by atoms with van der Waals surface area (Å²) in [7, 11) is 0. The maximum absolute atomic E-state index is 11.9. The van der Waals surface area contributed by atoms with E-state index in [-0.39, 0.29) is 25.4 Å². The van der Waals surface area contributed by atoms with Crippen molar-refractivity contribution >= 4 is 50.9 Å². The van der Waals surface area contributed by atoms with Crippen LogP contribution in [0.3, 0.4) is 0 Å². The molecule has 166 valence electrons. The Morgan fingerprint density at radius 2 is 1.71 bits per heavy atom. The fraction of sp³-hybridized carbons (Fsp3) is 0.318. The molecule has 0 saturated carbocycles. The number of hydrazine groups is 1. The molecule has 9 heteroatoms. The minimum Gasteiger partial charge on any atom is -0.483 e. The summed E-state index contributed by atoms with van der Waals surface area (Å²) in [5.41, 5.74) is 6.17. The molecule has 2 rings (SSSR count). The molecule has 0 fully saturated rings. The number of benzene rings is 2. The maximum atomic E-state index is 11.9. The highest BCUT2D eigenvalue weighted by Crippen LogP contribution is 2.30. The molecule has 7 nitrogen and oxygen atoms in total. The molecule has 0 spiro atoms. The van der Waals surface area contributed by atoms with Gasteiger partial charge in [0, 0.05) is 12.8 Å². The second kappa shape index (κ2) is 12.3. The number of ether oxygens (including phenoxy) is 1. The summed E-state index contributed by atoms with van der Waals surface area (Å²) in [6, 6.07) is 12.5. The van der Waals surface area contributed by atoms with Crippen molar-refractivity contribution in [3.05, 3.63) is 57.5 Å². The monoisotopic (exact) mass is 509 g/mol. The molecule has 0 aliphatic carbocycles. The zero-order chi connectivity index (χ0) is 22.8. The lowest BCUT2D eigenvalue weighted by Crippen LogP contribution is -2.44. The second-order valence-electron chi connectivity index (χ2n) is 6.91. The highest BCUT2D eigenvalue weighted by atomic mass is 79.9. The Balaban J connectivity index is 1.69. The molecule has 0 radical (unpaired) electrons. The minimum absolute atomic E-state index is 0.0566. The molecule has 0 saturated heterocycles. The molecule has 0 heterocycles. The fourth-order valence-corrected chi connectivity index (χ4v) is 3.25. The summed E-state index contributed by atoms with van der Waals surface area (Å²) < 4.78 is 6.24. The number of rotatable bonds is 9. The van der Waals surface area contributed by atoms with E-state index in [1.807, 2.05) is 12.1 Å². The minimum atomic E-state index is -0.522. The second-order valence-corrected chi connectivity index (χ2v) is 8.17. The summed E-state index contributed by atoms with van der Waals surface area (Å²) in [4.78, 5) is 35.7. The Bertz CT molecular complexity index is 939. The van der Waals surface area contributed by atoms with Crippen LogP contribution in [0.4, 0.5) is 5.69 Å². The number of halogens is 2. The number of hydrogen-bond donors (Lipinski definition) is 3. The molecule has 3 N–H and O–H groups in total. The van der Waals surface area contributed by atoms with Gasteiger partial charge in [-0.25, -0.2) is 0 Å². The Morgan fingerprint density at radius 3 is 2.39 bits per heavy atom. The van der Waals surface area contributed by atoms with Gasteiger partial charge in [-0.15, -0.1) is 0 Å². The number of carbonyl (C=O) groups is 3. The first-order valence-electron chi connectivity index (χ1n) is 9.84. The van der Waals surface area contributed by atoms with Crippen LogP contribution in [0, 0.1) is 0 Å². The molecule has 1 atom stereocenters. The van der Waals surface area contributed by atoms with E-state index in [9.17, 15) is 14.4 Å². The largest absolute Gasteiger partial charge is 0.483 e. The zero-order valence-electron chi connectivity index (χ0n) is 17.3. The van der Waals surface area contributed by atoms with E-state index in [4.69, 9.17) is 16.3 Å². The van der Waals surface area contributed by atoms with Crippen LogP contribution in [-0.2, 0) is 14.4 Å². The number of para-hydroxylation sites is 1. The Morgan fingerprint density at radius 1 is 1.03 bits per heavy atom. The van der Waals surface area contributed by atoms with Crippen molar-refractivity contribution in [1.29, 1.82) is 0 Å². The number of amides is 3. The van der Waals surface area contributed by atoms with Crippen molar-refractivity contribution in [2.45, 2.75) is 39.0 Å². The molecular weight excluding hydrogens is 486 g/mol. The average molecular weight is 511 g/mol. The molecule has 3 amide bonds. The summed E-state index contributed by atoms with van der Waals surface area (Å²) in [5.74, 6) is -0.419. The van der Waals surface area contributed by atoms with Crippen molar-refractivity contribution < 1.29 is 19.1 Å². The molecule has 0 aliphatic rings. The van der Waals surface area contributed by atoms with Crippen LogP contribution >= 0.6 is 27.5 Å². The lowest BCUT2D eigenvalue weighted by molar-refractivity contribution is -0.130. The van der Waals surface area contributed by atoms with E-state index >= 15 is 0 Å². The quantitative estimate of drug-likeness (QED) is 0.431. The van der Waals surface area contributed by atoms with Gasteiger partial charge in [-0.05, 0) is 58.1 Å². The smallest absolute Gasteiger partial charge is 0.276 e. The lowest BCUT2D eigenvalue weighted by Gasteiger charge is -2.13. The molecule has 2 aromatic carbocycles. The average Bonchev–Trinajstić information content (AvgIpc) is 2.76. The van der Waals surface area contributed by atoms with Crippen molar-refractivity contribution in [2.75, 3.05) is 11.9 Å². The Kier molecular flexibility index (Phi) is 9.81. The third kappa shape index (κ3) is 8.22. The van der Waals surface area contributed by atoms with Crippen LogP contribution in [0.5, 0.6) is 5.75 Å². The van der Waals surface area contributed by atoms with E-state index in [1.165, 1.54) is 5.56 Å². The van der Waals surface area contributed by atoms with Gasteiger partial charge in [0.25, 0.3) is 5.91 Å². The van der Waals surface area contributed by atoms with Crippen molar-refractivity contribution in [1.82, 2.24) is 10.9 Å². The van der Waals surface area contributed by atoms with Gasteiger partial charge in [0.15, 0.2) is 6.61 Å².